The van der Waals surface area contributed by atoms with Gasteiger partial charge < -0.3 is 14.7 Å². The lowest BCUT2D eigenvalue weighted by atomic mass is 10.2. The molecule has 154 valence electrons. The van der Waals surface area contributed by atoms with Gasteiger partial charge in [0.25, 0.3) is 5.56 Å². The van der Waals surface area contributed by atoms with Crippen molar-refractivity contribution in [1.29, 1.82) is 0 Å². The molecule has 0 atom stereocenters. The largest absolute Gasteiger partial charge is 0.368 e. The Bertz CT molecular complexity index is 923. The number of carbonyl (C=O) groups is 1. The van der Waals surface area contributed by atoms with Crippen molar-refractivity contribution in [1.82, 2.24) is 14.7 Å². The van der Waals surface area contributed by atoms with Crippen LogP contribution in [0.3, 0.4) is 0 Å². The van der Waals surface area contributed by atoms with Gasteiger partial charge in [0.05, 0.1) is 0 Å². The van der Waals surface area contributed by atoms with Crippen LogP contribution in [0.1, 0.15) is 0 Å². The maximum absolute atomic E-state index is 12.5. The van der Waals surface area contributed by atoms with Gasteiger partial charge in [-0.25, -0.2) is 4.68 Å². The normalized spacial score (nSPS) is 17.5. The van der Waals surface area contributed by atoms with Crippen LogP contribution in [0.25, 0.3) is 0 Å². The van der Waals surface area contributed by atoms with Crippen molar-refractivity contribution in [3.05, 3.63) is 51.8 Å². The predicted molar refractivity (Wildman–Crippen MR) is 118 cm³/mol. The fraction of sp³-hybridized carbons (Fsp3) is 0.450. The molecule has 2 aromatic rings. The second-order valence-corrected chi connectivity index (χ2v) is 8.80. The molecule has 2 aliphatic rings. The zero-order valence-electron chi connectivity index (χ0n) is 16.2. The van der Waals surface area contributed by atoms with Crippen LogP contribution < -0.4 is 15.4 Å². The molecule has 0 bridgehead atoms. The van der Waals surface area contributed by atoms with E-state index in [4.69, 9.17) is 11.6 Å². The monoisotopic (exact) mass is 433 g/mol. The van der Waals surface area contributed by atoms with Gasteiger partial charge in [-0.05, 0) is 24.3 Å². The molecule has 29 heavy (non-hydrogen) atoms. The molecule has 2 aliphatic heterocycles. The van der Waals surface area contributed by atoms with Crippen LogP contribution in [0.4, 0.5) is 11.5 Å². The zero-order chi connectivity index (χ0) is 20.2. The zero-order valence-corrected chi connectivity index (χ0v) is 17.7. The summed E-state index contributed by atoms with van der Waals surface area (Å²) in [5.74, 6) is 2.59. The Labute approximate surface area is 179 Å². The van der Waals surface area contributed by atoms with Crippen molar-refractivity contribution in [3.8, 4) is 0 Å². The summed E-state index contributed by atoms with van der Waals surface area (Å²) in [5, 5.41) is 5.21. The number of hydrogen-bond acceptors (Lipinski definition) is 6. The summed E-state index contributed by atoms with van der Waals surface area (Å²) >= 11 is 7.96. The van der Waals surface area contributed by atoms with E-state index in [2.05, 4.69) is 21.0 Å². The third-order valence-corrected chi connectivity index (χ3v) is 6.46. The average Bonchev–Trinajstić information content (AvgIpc) is 2.76. The van der Waals surface area contributed by atoms with Crippen molar-refractivity contribution in [3.63, 3.8) is 0 Å². The van der Waals surface area contributed by atoms with Crippen LogP contribution in [0.5, 0.6) is 0 Å². The Kier molecular flexibility index (Phi) is 6.30. The summed E-state index contributed by atoms with van der Waals surface area (Å²) in [5.41, 5.74) is 0.867. The lowest BCUT2D eigenvalue weighted by Crippen LogP contribution is -2.47. The second kappa shape index (κ2) is 9.09. The number of carbonyl (C=O) groups excluding carboxylic acids is 1. The van der Waals surface area contributed by atoms with Crippen LogP contribution in [0.2, 0.25) is 5.02 Å². The Morgan fingerprint density at radius 2 is 1.72 bits per heavy atom. The van der Waals surface area contributed by atoms with Crippen molar-refractivity contribution >= 4 is 40.8 Å². The van der Waals surface area contributed by atoms with Crippen molar-refractivity contribution < 1.29 is 4.79 Å². The number of anilines is 2. The lowest BCUT2D eigenvalue weighted by Gasteiger charge is -2.36. The van der Waals surface area contributed by atoms with E-state index in [0.29, 0.717) is 0 Å². The third-order valence-electron chi connectivity index (χ3n) is 5.28. The highest BCUT2D eigenvalue weighted by atomic mass is 35.5. The van der Waals surface area contributed by atoms with Crippen LogP contribution >= 0.6 is 23.4 Å². The summed E-state index contributed by atoms with van der Waals surface area (Å²) in [6.45, 7) is 4.73. The van der Waals surface area contributed by atoms with E-state index in [1.165, 1.54) is 10.7 Å². The first-order valence-corrected chi connectivity index (χ1v) is 11.3. The van der Waals surface area contributed by atoms with Crippen LogP contribution in [-0.4, -0.2) is 71.4 Å². The molecule has 2 fully saturated rings. The van der Waals surface area contributed by atoms with Crippen molar-refractivity contribution in [2.24, 2.45) is 0 Å². The smallest absolute Gasteiger partial charge is 0.267 e. The highest BCUT2D eigenvalue weighted by molar-refractivity contribution is 7.99. The number of benzene rings is 1. The molecular formula is C20H24ClN5O2S. The van der Waals surface area contributed by atoms with Gasteiger partial charge in [-0.1, -0.05) is 17.7 Å². The van der Waals surface area contributed by atoms with E-state index < -0.39 is 0 Å². The van der Waals surface area contributed by atoms with Gasteiger partial charge in [0.15, 0.2) is 0 Å². The van der Waals surface area contributed by atoms with Crippen LogP contribution in [0, 0.1) is 0 Å². The highest BCUT2D eigenvalue weighted by Crippen LogP contribution is 2.22. The molecule has 0 aliphatic carbocycles. The van der Waals surface area contributed by atoms with Gasteiger partial charge in [0, 0.05) is 67.6 Å². The minimum atomic E-state index is -0.244. The summed E-state index contributed by atoms with van der Waals surface area (Å²) in [6, 6.07) is 11.1. The number of nitrogens with zero attached hydrogens (tertiary/aromatic N) is 5. The van der Waals surface area contributed by atoms with E-state index >= 15 is 0 Å². The van der Waals surface area contributed by atoms with Gasteiger partial charge in [-0.2, -0.15) is 16.9 Å². The Balaban J connectivity index is 1.41. The minimum absolute atomic E-state index is 0.000179. The molecule has 2 saturated heterocycles. The maximum atomic E-state index is 12.5. The summed E-state index contributed by atoms with van der Waals surface area (Å²) in [6.07, 6.45) is 0. The van der Waals surface area contributed by atoms with E-state index in [0.717, 1.165) is 67.3 Å². The van der Waals surface area contributed by atoms with Crippen molar-refractivity contribution in [2.45, 2.75) is 6.54 Å². The number of piperazine rings is 1. The van der Waals surface area contributed by atoms with Gasteiger partial charge in [-0.15, -0.1) is 0 Å². The molecule has 3 heterocycles. The maximum Gasteiger partial charge on any atom is 0.267 e. The summed E-state index contributed by atoms with van der Waals surface area (Å²) < 4.78 is 1.29. The Morgan fingerprint density at radius 1 is 1.00 bits per heavy atom. The van der Waals surface area contributed by atoms with Gasteiger partial charge in [0.2, 0.25) is 5.91 Å². The first-order chi connectivity index (χ1) is 14.1. The molecule has 4 rings (SSSR count). The molecule has 0 N–H and O–H groups in total. The van der Waals surface area contributed by atoms with Crippen LogP contribution in [-0.2, 0) is 11.3 Å². The number of aromatic nitrogens is 2. The second-order valence-electron chi connectivity index (χ2n) is 7.13. The molecule has 7 nitrogen and oxygen atoms in total. The highest BCUT2D eigenvalue weighted by Gasteiger charge is 2.21. The molecule has 1 aromatic carbocycles. The number of halogens is 1. The topological polar surface area (TPSA) is 61.7 Å². The molecular weight excluding hydrogens is 410 g/mol. The molecule has 1 amide bonds. The number of rotatable bonds is 4. The summed E-state index contributed by atoms with van der Waals surface area (Å²) in [4.78, 5) is 31.0. The van der Waals surface area contributed by atoms with Gasteiger partial charge in [0.1, 0.15) is 12.4 Å². The summed E-state index contributed by atoms with van der Waals surface area (Å²) in [7, 11) is 0. The number of thioether (sulfide) groups is 1. The third kappa shape index (κ3) is 4.87. The van der Waals surface area contributed by atoms with E-state index in [9.17, 15) is 9.59 Å². The fourth-order valence-electron chi connectivity index (χ4n) is 3.63. The molecule has 0 unspecified atom stereocenters. The standard InChI is InChI=1S/C20H24ClN5O2S/c21-16-2-1-3-17(14-16)23-6-8-24(9-7-23)18-4-5-19(27)26(22-18)15-20(28)25-10-12-29-13-11-25/h1-5,14H,6-13,15H2. The van der Waals surface area contributed by atoms with E-state index in [1.807, 2.05) is 34.9 Å². The fourth-order valence-corrected chi connectivity index (χ4v) is 4.72. The van der Waals surface area contributed by atoms with E-state index in [1.54, 1.807) is 6.07 Å². The van der Waals surface area contributed by atoms with Crippen LogP contribution in [0.15, 0.2) is 41.2 Å². The number of amides is 1. The predicted octanol–water partition coefficient (Wildman–Crippen LogP) is 1.80. The Hall–Kier alpha value is -2.19. The van der Waals surface area contributed by atoms with Gasteiger partial charge in [-0.3, -0.25) is 9.59 Å². The quantitative estimate of drug-likeness (QED) is 0.732. The average molecular weight is 434 g/mol. The van der Waals surface area contributed by atoms with Gasteiger partial charge >= 0.3 is 0 Å². The number of hydrogen-bond donors (Lipinski definition) is 0. The molecule has 0 radical (unpaired) electrons. The first-order valence-electron chi connectivity index (χ1n) is 9.79. The molecule has 9 heteroatoms. The Morgan fingerprint density at radius 3 is 2.45 bits per heavy atom. The SMILES string of the molecule is O=C(Cn1nc(N2CCN(c3cccc(Cl)c3)CC2)ccc1=O)N1CCSCC1. The van der Waals surface area contributed by atoms with Crippen molar-refractivity contribution in [2.75, 3.05) is 60.6 Å². The molecule has 0 spiro atoms. The molecule has 0 saturated carbocycles. The lowest BCUT2D eigenvalue weighted by molar-refractivity contribution is -0.131. The first kappa shape index (κ1) is 20.1. The minimum Gasteiger partial charge on any atom is -0.368 e. The molecule has 1 aromatic heterocycles. The van der Waals surface area contributed by atoms with E-state index in [-0.39, 0.29) is 18.0 Å².